The van der Waals surface area contributed by atoms with Crippen LogP contribution < -0.4 is 5.73 Å². The van der Waals surface area contributed by atoms with Gasteiger partial charge in [0.25, 0.3) is 11.6 Å². The molecule has 1 aromatic rings. The number of nitrogens with two attached hydrogens (primary N) is 1. The highest BCUT2D eigenvalue weighted by molar-refractivity contribution is 8.01. The highest BCUT2D eigenvalue weighted by Gasteiger charge is 2.51. The number of ether oxygens (including phenoxy) is 1. The molecule has 1 saturated heterocycles. The molecule has 2 rings (SSSR count). The highest BCUT2D eigenvalue weighted by Crippen LogP contribution is 2.41. The van der Waals surface area contributed by atoms with E-state index in [9.17, 15) is 19.7 Å². The van der Waals surface area contributed by atoms with E-state index in [1.165, 1.54) is 22.7 Å². The van der Waals surface area contributed by atoms with Crippen molar-refractivity contribution in [2.75, 3.05) is 12.3 Å². The lowest BCUT2D eigenvalue weighted by atomic mass is 10.0. The van der Waals surface area contributed by atoms with Gasteiger partial charge in [-0.15, -0.1) is 11.8 Å². The summed E-state index contributed by atoms with van der Waals surface area (Å²) in [5, 5.41) is 11.3. The van der Waals surface area contributed by atoms with E-state index < -0.39 is 27.4 Å². The molecule has 0 radical (unpaired) electrons. The minimum Gasteiger partial charge on any atom is -0.444 e. The number of nitro benzene ring substituents is 1. The summed E-state index contributed by atoms with van der Waals surface area (Å²) in [4.78, 5) is 35.4. The number of nitrogens with zero attached hydrogens (tertiary/aromatic N) is 2. The van der Waals surface area contributed by atoms with Crippen molar-refractivity contribution in [3.8, 4) is 0 Å². The van der Waals surface area contributed by atoms with Gasteiger partial charge >= 0.3 is 6.09 Å². The maximum absolute atomic E-state index is 12.5. The Morgan fingerprint density at radius 2 is 2.04 bits per heavy atom. The van der Waals surface area contributed by atoms with E-state index in [1.54, 1.807) is 39.0 Å². The van der Waals surface area contributed by atoms with Crippen molar-refractivity contribution < 1.29 is 19.2 Å². The summed E-state index contributed by atoms with van der Waals surface area (Å²) in [7, 11) is 0. The molecule has 2 amide bonds. The zero-order valence-corrected chi connectivity index (χ0v) is 15.2. The Morgan fingerprint density at radius 3 is 2.60 bits per heavy atom. The van der Waals surface area contributed by atoms with E-state index in [4.69, 9.17) is 10.5 Å². The molecule has 8 nitrogen and oxygen atoms in total. The summed E-state index contributed by atoms with van der Waals surface area (Å²) in [5.41, 5.74) is 5.12. The number of rotatable bonds is 4. The van der Waals surface area contributed by atoms with Gasteiger partial charge in [0.1, 0.15) is 5.60 Å². The van der Waals surface area contributed by atoms with Crippen LogP contribution >= 0.6 is 11.8 Å². The van der Waals surface area contributed by atoms with E-state index in [0.717, 1.165) is 0 Å². The molecule has 1 fully saturated rings. The molecular formula is C16H21N3O5S. The number of primary amides is 1. The normalized spacial score (nSPS) is 20.4. The first-order chi connectivity index (χ1) is 11.6. The monoisotopic (exact) mass is 367 g/mol. The largest absolute Gasteiger partial charge is 0.444 e. The van der Waals surface area contributed by atoms with Gasteiger partial charge < -0.3 is 10.5 Å². The number of para-hydroxylation sites is 1. The molecule has 0 bridgehead atoms. The third kappa shape index (κ3) is 4.04. The Bertz CT molecular complexity index is 703. The van der Waals surface area contributed by atoms with Gasteiger partial charge in [-0.3, -0.25) is 19.8 Å². The molecule has 1 aliphatic rings. The lowest BCUT2D eigenvalue weighted by Gasteiger charge is -2.35. The first kappa shape index (κ1) is 19.0. The lowest BCUT2D eigenvalue weighted by Crippen LogP contribution is -2.56. The molecule has 1 atom stereocenters. The first-order valence-electron chi connectivity index (χ1n) is 7.73. The maximum Gasteiger partial charge on any atom is 0.411 e. The van der Waals surface area contributed by atoms with Crippen molar-refractivity contribution in [3.05, 3.63) is 39.9 Å². The summed E-state index contributed by atoms with van der Waals surface area (Å²) in [6.07, 6.45) is -0.710. The fourth-order valence-electron chi connectivity index (χ4n) is 2.65. The summed E-state index contributed by atoms with van der Waals surface area (Å²) < 4.78 is 5.37. The van der Waals surface area contributed by atoms with E-state index in [2.05, 4.69) is 0 Å². The Balaban J connectivity index is 2.40. The van der Waals surface area contributed by atoms with Crippen LogP contribution in [0.25, 0.3) is 0 Å². The molecule has 2 N–H and O–H groups in total. The van der Waals surface area contributed by atoms with Crippen molar-refractivity contribution in [2.45, 2.75) is 37.7 Å². The molecule has 1 unspecified atom stereocenters. The Labute approximate surface area is 149 Å². The molecule has 25 heavy (non-hydrogen) atoms. The van der Waals surface area contributed by atoms with Crippen LogP contribution in [0.3, 0.4) is 0 Å². The third-order valence-corrected chi connectivity index (χ3v) is 5.14. The van der Waals surface area contributed by atoms with Gasteiger partial charge in [0.15, 0.2) is 4.87 Å². The standard InChI is InChI=1S/C16H21N3O5S/c1-15(2,3)24-14(21)18-8-9-25-16(18,13(17)20)10-11-6-4-5-7-12(11)19(22)23/h4-7H,8-10H2,1-3H3,(H2,17,20). The summed E-state index contributed by atoms with van der Waals surface area (Å²) in [6.45, 7) is 5.45. The lowest BCUT2D eigenvalue weighted by molar-refractivity contribution is -0.385. The predicted molar refractivity (Wildman–Crippen MR) is 94.1 cm³/mol. The van der Waals surface area contributed by atoms with Crippen LogP contribution in [0.1, 0.15) is 26.3 Å². The predicted octanol–water partition coefficient (Wildman–Crippen LogP) is 2.30. The van der Waals surface area contributed by atoms with Gasteiger partial charge in [-0.05, 0) is 20.8 Å². The van der Waals surface area contributed by atoms with Crippen molar-refractivity contribution in [3.63, 3.8) is 0 Å². The van der Waals surface area contributed by atoms with E-state index in [-0.39, 0.29) is 18.7 Å². The zero-order valence-electron chi connectivity index (χ0n) is 14.4. The van der Waals surface area contributed by atoms with Gasteiger partial charge in [-0.1, -0.05) is 18.2 Å². The number of carbonyl (C=O) groups is 2. The number of hydrogen-bond donors (Lipinski definition) is 1. The van der Waals surface area contributed by atoms with Crippen molar-refractivity contribution in [1.82, 2.24) is 4.90 Å². The van der Waals surface area contributed by atoms with Crippen LogP contribution in [-0.4, -0.2) is 44.6 Å². The smallest absolute Gasteiger partial charge is 0.411 e. The van der Waals surface area contributed by atoms with Gasteiger partial charge in [0, 0.05) is 30.3 Å². The second kappa shape index (κ2) is 6.91. The minimum atomic E-state index is -1.41. The van der Waals surface area contributed by atoms with Crippen molar-refractivity contribution >= 4 is 29.4 Å². The number of thioether (sulfide) groups is 1. The Morgan fingerprint density at radius 1 is 1.40 bits per heavy atom. The second-order valence-electron chi connectivity index (χ2n) is 6.69. The van der Waals surface area contributed by atoms with Crippen molar-refractivity contribution in [1.29, 1.82) is 0 Å². The Kier molecular flexibility index (Phi) is 5.26. The van der Waals surface area contributed by atoms with E-state index in [1.807, 2.05) is 0 Å². The molecule has 0 aromatic heterocycles. The number of benzene rings is 1. The quantitative estimate of drug-likeness (QED) is 0.645. The van der Waals surface area contributed by atoms with Crippen LogP contribution in [0.15, 0.2) is 24.3 Å². The molecular weight excluding hydrogens is 346 g/mol. The summed E-state index contributed by atoms with van der Waals surface area (Å²) >= 11 is 1.20. The van der Waals surface area contributed by atoms with Gasteiger partial charge in [-0.2, -0.15) is 0 Å². The number of carbonyl (C=O) groups excluding carboxylic acids is 2. The molecule has 9 heteroatoms. The van der Waals surface area contributed by atoms with Crippen molar-refractivity contribution in [2.24, 2.45) is 5.73 Å². The summed E-state index contributed by atoms with van der Waals surface area (Å²) in [5.74, 6) is -0.234. The molecule has 0 spiro atoms. The van der Waals surface area contributed by atoms with Gasteiger partial charge in [0.05, 0.1) is 4.92 Å². The average Bonchev–Trinajstić information content (AvgIpc) is 2.91. The van der Waals surface area contributed by atoms with Crippen LogP contribution in [0.4, 0.5) is 10.5 Å². The average molecular weight is 367 g/mol. The summed E-state index contributed by atoms with van der Waals surface area (Å²) in [6, 6.07) is 6.12. The van der Waals surface area contributed by atoms with Crippen LogP contribution in [-0.2, 0) is 16.0 Å². The number of nitro groups is 1. The van der Waals surface area contributed by atoms with Crippen LogP contribution in [0, 0.1) is 10.1 Å². The zero-order chi connectivity index (χ0) is 18.8. The molecule has 1 heterocycles. The first-order valence-corrected chi connectivity index (χ1v) is 8.72. The fraction of sp³-hybridized carbons (Fsp3) is 0.500. The minimum absolute atomic E-state index is 0.0522. The molecule has 1 aromatic carbocycles. The second-order valence-corrected chi connectivity index (χ2v) is 8.06. The maximum atomic E-state index is 12.5. The molecule has 0 aliphatic carbocycles. The fourth-order valence-corrected chi connectivity index (χ4v) is 3.99. The molecule has 0 saturated carbocycles. The van der Waals surface area contributed by atoms with Gasteiger partial charge in [0.2, 0.25) is 0 Å². The molecule has 1 aliphatic heterocycles. The highest BCUT2D eigenvalue weighted by atomic mass is 32.2. The Hall–Kier alpha value is -2.29. The van der Waals surface area contributed by atoms with E-state index in [0.29, 0.717) is 11.3 Å². The number of hydrogen-bond acceptors (Lipinski definition) is 6. The SMILES string of the molecule is CC(C)(C)OC(=O)N1CCSC1(Cc1ccccc1[N+](=O)[O-])C(N)=O. The topological polar surface area (TPSA) is 116 Å². The third-order valence-electron chi connectivity index (χ3n) is 3.71. The van der Waals surface area contributed by atoms with Gasteiger partial charge in [-0.25, -0.2) is 4.79 Å². The number of amides is 2. The van der Waals surface area contributed by atoms with Crippen LogP contribution in [0.2, 0.25) is 0 Å². The van der Waals surface area contributed by atoms with E-state index >= 15 is 0 Å². The molecule has 136 valence electrons. The van der Waals surface area contributed by atoms with Crippen LogP contribution in [0.5, 0.6) is 0 Å².